The highest BCUT2D eigenvalue weighted by Gasteiger charge is 2.31. The van der Waals surface area contributed by atoms with Crippen molar-refractivity contribution < 1.29 is 9.59 Å². The molecule has 2 atom stereocenters. The molecular formula is C19H30N4O2. The number of anilines is 1. The molecule has 1 saturated heterocycles. The van der Waals surface area contributed by atoms with E-state index in [1.807, 2.05) is 18.7 Å². The van der Waals surface area contributed by atoms with E-state index < -0.39 is 12.1 Å². The van der Waals surface area contributed by atoms with Crippen LogP contribution in [-0.4, -0.2) is 49.1 Å². The van der Waals surface area contributed by atoms with Crippen molar-refractivity contribution >= 4 is 17.6 Å². The van der Waals surface area contributed by atoms with Crippen molar-refractivity contribution in [3.05, 3.63) is 29.3 Å². The Morgan fingerprint density at radius 3 is 2.40 bits per heavy atom. The minimum atomic E-state index is -0.646. The molecule has 1 heterocycles. The zero-order valence-corrected chi connectivity index (χ0v) is 15.7. The van der Waals surface area contributed by atoms with Crippen LogP contribution in [0.15, 0.2) is 18.2 Å². The quantitative estimate of drug-likeness (QED) is 0.856. The molecule has 0 saturated carbocycles. The first kappa shape index (κ1) is 19.1. The molecule has 1 fully saturated rings. The van der Waals surface area contributed by atoms with Gasteiger partial charge in [0.2, 0.25) is 5.91 Å². The average molecular weight is 346 g/mol. The van der Waals surface area contributed by atoms with Crippen molar-refractivity contribution in [3.63, 3.8) is 0 Å². The number of primary amides is 1. The number of rotatable bonds is 5. The number of urea groups is 1. The molecule has 1 aliphatic rings. The maximum Gasteiger partial charge on any atom is 0.312 e. The highest BCUT2D eigenvalue weighted by Crippen LogP contribution is 2.24. The van der Waals surface area contributed by atoms with E-state index in [-0.39, 0.29) is 11.8 Å². The van der Waals surface area contributed by atoms with Crippen molar-refractivity contribution in [2.75, 3.05) is 31.1 Å². The largest absolute Gasteiger partial charge is 0.368 e. The SMILES string of the molecule is CCC(C)C(NC(N)=O)C(=O)N1CCN(c2cccc(C)c2C)CC1. The van der Waals surface area contributed by atoms with E-state index in [9.17, 15) is 9.59 Å². The molecule has 138 valence electrons. The van der Waals surface area contributed by atoms with Gasteiger partial charge < -0.3 is 20.9 Å². The lowest BCUT2D eigenvalue weighted by Gasteiger charge is -2.39. The molecule has 1 aliphatic heterocycles. The molecular weight excluding hydrogens is 316 g/mol. The van der Waals surface area contributed by atoms with Gasteiger partial charge in [0.1, 0.15) is 6.04 Å². The normalized spacial score (nSPS) is 17.1. The monoisotopic (exact) mass is 346 g/mol. The van der Waals surface area contributed by atoms with Gasteiger partial charge in [0.25, 0.3) is 0 Å². The maximum atomic E-state index is 12.8. The number of nitrogens with zero attached hydrogens (tertiary/aromatic N) is 2. The number of carbonyl (C=O) groups is 2. The number of carbonyl (C=O) groups excluding carboxylic acids is 2. The highest BCUT2D eigenvalue weighted by molar-refractivity contribution is 5.87. The van der Waals surface area contributed by atoms with Crippen LogP contribution in [0.1, 0.15) is 31.4 Å². The highest BCUT2D eigenvalue weighted by atomic mass is 16.2. The molecule has 0 aliphatic carbocycles. The Bertz CT molecular complexity index is 624. The summed E-state index contributed by atoms with van der Waals surface area (Å²) in [5.74, 6) is 0.0193. The lowest BCUT2D eigenvalue weighted by Crippen LogP contribution is -2.57. The number of hydrogen-bond donors (Lipinski definition) is 2. The zero-order chi connectivity index (χ0) is 18.6. The first-order valence-electron chi connectivity index (χ1n) is 9.01. The van der Waals surface area contributed by atoms with Crippen LogP contribution < -0.4 is 16.0 Å². The summed E-state index contributed by atoms with van der Waals surface area (Å²) in [5.41, 5.74) is 9.05. The summed E-state index contributed by atoms with van der Waals surface area (Å²) in [5, 5.41) is 2.62. The molecule has 25 heavy (non-hydrogen) atoms. The van der Waals surface area contributed by atoms with Gasteiger partial charge in [-0.15, -0.1) is 0 Å². The average Bonchev–Trinajstić information content (AvgIpc) is 2.61. The van der Waals surface area contributed by atoms with Crippen molar-refractivity contribution in [1.29, 1.82) is 0 Å². The smallest absolute Gasteiger partial charge is 0.312 e. The Labute approximate surface area is 150 Å². The van der Waals surface area contributed by atoms with Gasteiger partial charge in [-0.25, -0.2) is 4.79 Å². The summed E-state index contributed by atoms with van der Waals surface area (Å²) < 4.78 is 0. The summed E-state index contributed by atoms with van der Waals surface area (Å²) in [6.45, 7) is 11.1. The van der Waals surface area contributed by atoms with Crippen LogP contribution in [-0.2, 0) is 4.79 Å². The third-order valence-corrected chi connectivity index (χ3v) is 5.28. The van der Waals surface area contributed by atoms with Crippen molar-refractivity contribution in [1.82, 2.24) is 10.2 Å². The first-order valence-corrected chi connectivity index (χ1v) is 9.01. The molecule has 6 heteroatoms. The van der Waals surface area contributed by atoms with Crippen molar-refractivity contribution in [3.8, 4) is 0 Å². The standard InChI is InChI=1S/C19H30N4O2/c1-5-13(2)17(21-19(20)25)18(24)23-11-9-22(10-12-23)16-8-6-7-14(3)15(16)4/h6-8,13,17H,5,9-12H2,1-4H3,(H3,20,21,25). The van der Waals surface area contributed by atoms with Gasteiger partial charge in [-0.1, -0.05) is 32.4 Å². The zero-order valence-electron chi connectivity index (χ0n) is 15.7. The number of hydrogen-bond acceptors (Lipinski definition) is 3. The third-order valence-electron chi connectivity index (χ3n) is 5.28. The summed E-state index contributed by atoms with van der Waals surface area (Å²) in [7, 11) is 0. The van der Waals surface area contributed by atoms with Crippen LogP contribution in [0.3, 0.4) is 0 Å². The van der Waals surface area contributed by atoms with Crippen LogP contribution in [0.5, 0.6) is 0 Å². The van der Waals surface area contributed by atoms with Crippen molar-refractivity contribution in [2.45, 2.75) is 40.2 Å². The van der Waals surface area contributed by atoms with Gasteiger partial charge in [-0.2, -0.15) is 0 Å². The van der Waals surface area contributed by atoms with Gasteiger partial charge in [-0.3, -0.25) is 4.79 Å². The second-order valence-electron chi connectivity index (χ2n) is 6.90. The molecule has 1 aromatic carbocycles. The molecule has 0 bridgehead atoms. The number of benzene rings is 1. The number of piperazine rings is 1. The van der Waals surface area contributed by atoms with Crippen LogP contribution in [0.25, 0.3) is 0 Å². The fourth-order valence-corrected chi connectivity index (χ4v) is 3.28. The van der Waals surface area contributed by atoms with Crippen LogP contribution in [0.2, 0.25) is 0 Å². The van der Waals surface area contributed by atoms with E-state index in [0.717, 1.165) is 19.5 Å². The summed E-state index contributed by atoms with van der Waals surface area (Å²) in [4.78, 5) is 28.3. The van der Waals surface area contributed by atoms with Crippen LogP contribution in [0, 0.1) is 19.8 Å². The van der Waals surface area contributed by atoms with E-state index >= 15 is 0 Å². The van der Waals surface area contributed by atoms with E-state index in [2.05, 4.69) is 42.3 Å². The van der Waals surface area contributed by atoms with E-state index in [1.165, 1.54) is 16.8 Å². The second kappa shape index (κ2) is 8.23. The number of nitrogens with two attached hydrogens (primary N) is 1. The summed E-state index contributed by atoms with van der Waals surface area (Å²) in [6.07, 6.45) is 0.805. The van der Waals surface area contributed by atoms with E-state index in [0.29, 0.717) is 13.1 Å². The number of amides is 3. The fraction of sp³-hybridized carbons (Fsp3) is 0.579. The van der Waals surface area contributed by atoms with Crippen LogP contribution in [0.4, 0.5) is 10.5 Å². The lowest BCUT2D eigenvalue weighted by molar-refractivity contribution is -0.134. The molecule has 0 radical (unpaired) electrons. The molecule has 2 unspecified atom stereocenters. The Balaban J connectivity index is 2.03. The summed E-state index contributed by atoms with van der Waals surface area (Å²) in [6, 6.07) is 5.13. The van der Waals surface area contributed by atoms with Gasteiger partial charge in [0, 0.05) is 31.9 Å². The molecule has 0 aromatic heterocycles. The predicted octanol–water partition coefficient (Wildman–Crippen LogP) is 2.04. The lowest BCUT2D eigenvalue weighted by atomic mass is 9.97. The van der Waals surface area contributed by atoms with E-state index in [4.69, 9.17) is 5.73 Å². The molecule has 3 N–H and O–H groups in total. The molecule has 2 rings (SSSR count). The summed E-state index contributed by atoms with van der Waals surface area (Å²) >= 11 is 0. The molecule has 0 spiro atoms. The maximum absolute atomic E-state index is 12.8. The second-order valence-corrected chi connectivity index (χ2v) is 6.90. The number of aryl methyl sites for hydroxylation is 1. The predicted molar refractivity (Wildman–Crippen MR) is 101 cm³/mol. The Kier molecular flexibility index (Phi) is 6.28. The first-order chi connectivity index (χ1) is 11.8. The fourth-order valence-electron chi connectivity index (χ4n) is 3.28. The topological polar surface area (TPSA) is 78.7 Å². The van der Waals surface area contributed by atoms with Gasteiger partial charge in [0.15, 0.2) is 0 Å². The van der Waals surface area contributed by atoms with E-state index in [1.54, 1.807) is 0 Å². The molecule has 3 amide bonds. The minimum Gasteiger partial charge on any atom is -0.368 e. The Hall–Kier alpha value is -2.24. The number of nitrogens with one attached hydrogen (secondary N) is 1. The molecule has 1 aromatic rings. The van der Waals surface area contributed by atoms with Gasteiger partial charge in [-0.05, 0) is 37.0 Å². The van der Waals surface area contributed by atoms with Gasteiger partial charge in [0.05, 0.1) is 0 Å². The minimum absolute atomic E-state index is 0.0336. The Morgan fingerprint density at radius 2 is 1.84 bits per heavy atom. The molecule has 6 nitrogen and oxygen atoms in total. The van der Waals surface area contributed by atoms with Crippen LogP contribution >= 0.6 is 0 Å². The Morgan fingerprint density at radius 1 is 1.20 bits per heavy atom. The van der Waals surface area contributed by atoms with Crippen molar-refractivity contribution in [2.24, 2.45) is 11.7 Å². The van der Waals surface area contributed by atoms with Gasteiger partial charge >= 0.3 is 6.03 Å². The third kappa shape index (κ3) is 4.44.